The van der Waals surface area contributed by atoms with Gasteiger partial charge >= 0.3 is 0 Å². The summed E-state index contributed by atoms with van der Waals surface area (Å²) in [7, 11) is 0. The number of halogens is 1. The van der Waals surface area contributed by atoms with Crippen LogP contribution in [0.15, 0.2) is 22.7 Å². The molecule has 0 aliphatic rings. The van der Waals surface area contributed by atoms with E-state index in [1.54, 1.807) is 6.07 Å². The van der Waals surface area contributed by atoms with Crippen LogP contribution in [0.2, 0.25) is 0 Å². The maximum absolute atomic E-state index is 9.37. The van der Waals surface area contributed by atoms with Crippen molar-refractivity contribution >= 4 is 15.9 Å². The summed E-state index contributed by atoms with van der Waals surface area (Å²) in [5.41, 5.74) is 0.715. The van der Waals surface area contributed by atoms with E-state index in [1.807, 2.05) is 19.1 Å². The van der Waals surface area contributed by atoms with Crippen LogP contribution >= 0.6 is 15.9 Å². The van der Waals surface area contributed by atoms with Crippen LogP contribution in [0.3, 0.4) is 0 Å². The summed E-state index contributed by atoms with van der Waals surface area (Å²) >= 11 is 3.34. The SMILES string of the molecule is CCC(O)COc1c(Br)cccc1CO. The Labute approximate surface area is 97.8 Å². The van der Waals surface area contributed by atoms with Gasteiger partial charge < -0.3 is 14.9 Å². The number of aliphatic hydroxyl groups excluding tert-OH is 2. The number of ether oxygens (including phenoxy) is 1. The molecule has 0 aromatic heterocycles. The molecule has 0 bridgehead atoms. The van der Waals surface area contributed by atoms with Crippen LogP contribution < -0.4 is 4.74 Å². The fraction of sp³-hybridized carbons (Fsp3) is 0.455. The van der Waals surface area contributed by atoms with E-state index in [-0.39, 0.29) is 13.2 Å². The minimum absolute atomic E-state index is 0.0724. The number of hydrogen-bond donors (Lipinski definition) is 2. The zero-order valence-corrected chi connectivity index (χ0v) is 10.2. The first kappa shape index (κ1) is 12.5. The summed E-state index contributed by atoms with van der Waals surface area (Å²) in [5, 5.41) is 18.5. The predicted molar refractivity (Wildman–Crippen MR) is 61.9 cm³/mol. The molecular formula is C11H15BrO3. The van der Waals surface area contributed by atoms with Crippen molar-refractivity contribution in [2.75, 3.05) is 6.61 Å². The summed E-state index contributed by atoms with van der Waals surface area (Å²) < 4.78 is 6.24. The Morgan fingerprint density at radius 3 is 2.80 bits per heavy atom. The Hall–Kier alpha value is -0.580. The van der Waals surface area contributed by atoms with Crippen LogP contribution in [-0.2, 0) is 6.61 Å². The Morgan fingerprint density at radius 2 is 2.20 bits per heavy atom. The molecule has 0 heterocycles. The van der Waals surface area contributed by atoms with Gasteiger partial charge in [-0.2, -0.15) is 0 Å². The molecule has 0 radical (unpaired) electrons. The van der Waals surface area contributed by atoms with Crippen molar-refractivity contribution < 1.29 is 14.9 Å². The van der Waals surface area contributed by atoms with Crippen molar-refractivity contribution in [1.29, 1.82) is 0 Å². The van der Waals surface area contributed by atoms with Gasteiger partial charge in [0.25, 0.3) is 0 Å². The highest BCUT2D eigenvalue weighted by Crippen LogP contribution is 2.29. The summed E-state index contributed by atoms with van der Waals surface area (Å²) in [5.74, 6) is 0.604. The van der Waals surface area contributed by atoms with Crippen LogP contribution in [0.1, 0.15) is 18.9 Å². The van der Waals surface area contributed by atoms with Gasteiger partial charge in [-0.1, -0.05) is 19.1 Å². The molecule has 1 rings (SSSR count). The van der Waals surface area contributed by atoms with Crippen molar-refractivity contribution in [3.8, 4) is 5.75 Å². The molecule has 2 N–H and O–H groups in total. The topological polar surface area (TPSA) is 49.7 Å². The van der Waals surface area contributed by atoms with Gasteiger partial charge in [0.15, 0.2) is 0 Å². The molecular weight excluding hydrogens is 260 g/mol. The molecule has 0 fully saturated rings. The summed E-state index contributed by atoms with van der Waals surface area (Å²) in [4.78, 5) is 0. The van der Waals surface area contributed by atoms with E-state index in [0.29, 0.717) is 17.7 Å². The molecule has 0 spiro atoms. The number of benzene rings is 1. The van der Waals surface area contributed by atoms with Crippen molar-refractivity contribution in [2.24, 2.45) is 0 Å². The first-order valence-corrected chi connectivity index (χ1v) is 5.67. The van der Waals surface area contributed by atoms with Gasteiger partial charge in [0.05, 0.1) is 17.2 Å². The van der Waals surface area contributed by atoms with E-state index in [1.165, 1.54) is 0 Å². The lowest BCUT2D eigenvalue weighted by Crippen LogP contribution is -2.16. The van der Waals surface area contributed by atoms with Crippen LogP contribution in [0, 0.1) is 0 Å². The van der Waals surface area contributed by atoms with Crippen molar-refractivity contribution in [1.82, 2.24) is 0 Å². The lowest BCUT2D eigenvalue weighted by molar-refractivity contribution is 0.102. The van der Waals surface area contributed by atoms with E-state index in [2.05, 4.69) is 15.9 Å². The Kier molecular flexibility index (Phi) is 5.08. The molecule has 3 nitrogen and oxygen atoms in total. The number of para-hydroxylation sites is 1. The van der Waals surface area contributed by atoms with Gasteiger partial charge in [-0.05, 0) is 28.4 Å². The maximum atomic E-state index is 9.37. The molecule has 15 heavy (non-hydrogen) atoms. The zero-order chi connectivity index (χ0) is 11.3. The minimum Gasteiger partial charge on any atom is -0.489 e. The average molecular weight is 275 g/mol. The monoisotopic (exact) mass is 274 g/mol. The highest BCUT2D eigenvalue weighted by molar-refractivity contribution is 9.10. The predicted octanol–water partition coefficient (Wildman–Crippen LogP) is 2.09. The lowest BCUT2D eigenvalue weighted by Gasteiger charge is -2.14. The Bertz CT molecular complexity index is 315. The standard InChI is InChI=1S/C11H15BrO3/c1-2-9(14)7-15-11-8(6-13)4-3-5-10(11)12/h3-5,9,13-14H,2,6-7H2,1H3. The van der Waals surface area contributed by atoms with Crippen molar-refractivity contribution in [3.05, 3.63) is 28.2 Å². The summed E-state index contributed by atoms with van der Waals surface area (Å²) in [6.07, 6.45) is 0.183. The highest BCUT2D eigenvalue weighted by Gasteiger charge is 2.09. The fourth-order valence-corrected chi connectivity index (χ4v) is 1.66. The molecule has 0 aliphatic carbocycles. The van der Waals surface area contributed by atoms with Gasteiger partial charge in [-0.3, -0.25) is 0 Å². The molecule has 1 aromatic carbocycles. The maximum Gasteiger partial charge on any atom is 0.139 e. The van der Waals surface area contributed by atoms with Gasteiger partial charge in [-0.25, -0.2) is 0 Å². The second-order valence-corrected chi connectivity index (χ2v) is 4.11. The summed E-state index contributed by atoms with van der Waals surface area (Å²) in [6.45, 7) is 2.06. The smallest absolute Gasteiger partial charge is 0.139 e. The van der Waals surface area contributed by atoms with Gasteiger partial charge in [0.2, 0.25) is 0 Å². The van der Waals surface area contributed by atoms with Gasteiger partial charge in [0, 0.05) is 5.56 Å². The summed E-state index contributed by atoms with van der Waals surface area (Å²) in [6, 6.07) is 5.46. The van der Waals surface area contributed by atoms with Crippen LogP contribution in [0.25, 0.3) is 0 Å². The Morgan fingerprint density at radius 1 is 1.47 bits per heavy atom. The second kappa shape index (κ2) is 6.10. The van der Waals surface area contributed by atoms with Crippen LogP contribution in [-0.4, -0.2) is 22.9 Å². The van der Waals surface area contributed by atoms with Crippen molar-refractivity contribution in [3.63, 3.8) is 0 Å². The normalized spacial score (nSPS) is 12.5. The van der Waals surface area contributed by atoms with E-state index in [9.17, 15) is 5.11 Å². The van der Waals surface area contributed by atoms with Gasteiger partial charge in [0.1, 0.15) is 12.4 Å². The molecule has 4 heteroatoms. The average Bonchev–Trinajstić information content (AvgIpc) is 2.26. The molecule has 0 amide bonds. The number of aliphatic hydroxyl groups is 2. The Balaban J connectivity index is 2.74. The molecule has 1 unspecified atom stereocenters. The third kappa shape index (κ3) is 3.48. The molecule has 1 aromatic rings. The van der Waals surface area contributed by atoms with Crippen molar-refractivity contribution in [2.45, 2.75) is 26.1 Å². The largest absolute Gasteiger partial charge is 0.489 e. The first-order chi connectivity index (χ1) is 7.19. The van der Waals surface area contributed by atoms with E-state index < -0.39 is 6.10 Å². The molecule has 0 saturated carbocycles. The van der Waals surface area contributed by atoms with E-state index >= 15 is 0 Å². The molecule has 84 valence electrons. The highest BCUT2D eigenvalue weighted by atomic mass is 79.9. The quantitative estimate of drug-likeness (QED) is 0.865. The van der Waals surface area contributed by atoms with E-state index in [0.717, 1.165) is 4.47 Å². The minimum atomic E-state index is -0.469. The second-order valence-electron chi connectivity index (χ2n) is 3.26. The molecule has 1 atom stereocenters. The van der Waals surface area contributed by atoms with Crippen LogP contribution in [0.5, 0.6) is 5.75 Å². The third-order valence-electron chi connectivity index (χ3n) is 2.11. The molecule has 0 aliphatic heterocycles. The van der Waals surface area contributed by atoms with Crippen LogP contribution in [0.4, 0.5) is 0 Å². The fourth-order valence-electron chi connectivity index (χ4n) is 1.14. The van der Waals surface area contributed by atoms with E-state index in [4.69, 9.17) is 9.84 Å². The lowest BCUT2D eigenvalue weighted by atomic mass is 10.2. The zero-order valence-electron chi connectivity index (χ0n) is 8.61. The molecule has 0 saturated heterocycles. The number of rotatable bonds is 5. The van der Waals surface area contributed by atoms with Gasteiger partial charge in [-0.15, -0.1) is 0 Å². The first-order valence-electron chi connectivity index (χ1n) is 4.88. The third-order valence-corrected chi connectivity index (χ3v) is 2.73. The number of hydrogen-bond acceptors (Lipinski definition) is 3.